The van der Waals surface area contributed by atoms with Crippen LogP contribution in [0.4, 0.5) is 23.7 Å². The maximum absolute atomic E-state index is 12.7. The van der Waals surface area contributed by atoms with Crippen molar-refractivity contribution < 1.29 is 22.8 Å². The zero-order valence-electron chi connectivity index (χ0n) is 16.1. The standard InChI is InChI=1S/C21H18F3N5O2/c22-21(23,24)14-5-7-15(8-6-14)28-20(31)29-18(19(30)26-10-9-25)11-13-12-27-17-4-2-1-3-16(13)17/h1-8,12,18,27H,10-11H2,(H,26,30)(H2,28,29,31). The van der Waals surface area contributed by atoms with Gasteiger partial charge in [-0.15, -0.1) is 0 Å². The Morgan fingerprint density at radius 3 is 2.48 bits per heavy atom. The van der Waals surface area contributed by atoms with Gasteiger partial charge in [0.05, 0.1) is 11.6 Å². The maximum atomic E-state index is 12.7. The van der Waals surface area contributed by atoms with E-state index in [9.17, 15) is 22.8 Å². The molecule has 0 saturated carbocycles. The summed E-state index contributed by atoms with van der Waals surface area (Å²) in [6.45, 7) is -0.231. The van der Waals surface area contributed by atoms with Gasteiger partial charge in [0.25, 0.3) is 0 Å². The normalized spacial score (nSPS) is 12.1. The van der Waals surface area contributed by atoms with E-state index in [0.29, 0.717) is 0 Å². The zero-order valence-corrected chi connectivity index (χ0v) is 16.1. The van der Waals surface area contributed by atoms with E-state index in [-0.39, 0.29) is 18.7 Å². The molecular weight excluding hydrogens is 411 g/mol. The zero-order chi connectivity index (χ0) is 22.4. The monoisotopic (exact) mass is 429 g/mol. The number of fused-ring (bicyclic) bond motifs is 1. The van der Waals surface area contributed by atoms with Gasteiger partial charge in [-0.3, -0.25) is 4.79 Å². The van der Waals surface area contributed by atoms with E-state index < -0.39 is 29.7 Å². The maximum Gasteiger partial charge on any atom is 0.416 e. The Balaban J connectivity index is 1.72. The molecule has 0 bridgehead atoms. The lowest BCUT2D eigenvalue weighted by molar-refractivity contribution is -0.137. The highest BCUT2D eigenvalue weighted by atomic mass is 19.4. The van der Waals surface area contributed by atoms with Crippen LogP contribution in [0.5, 0.6) is 0 Å². The summed E-state index contributed by atoms with van der Waals surface area (Å²) in [7, 11) is 0. The van der Waals surface area contributed by atoms with Crippen LogP contribution >= 0.6 is 0 Å². The summed E-state index contributed by atoms with van der Waals surface area (Å²) >= 11 is 0. The van der Waals surface area contributed by atoms with E-state index in [4.69, 9.17) is 5.26 Å². The van der Waals surface area contributed by atoms with Gasteiger partial charge >= 0.3 is 12.2 Å². The van der Waals surface area contributed by atoms with Gasteiger partial charge in [0.1, 0.15) is 12.6 Å². The number of alkyl halides is 3. The molecule has 4 N–H and O–H groups in total. The molecular formula is C21H18F3N5O2. The van der Waals surface area contributed by atoms with Crippen LogP contribution in [0, 0.1) is 11.3 Å². The fourth-order valence-electron chi connectivity index (χ4n) is 3.05. The molecule has 1 heterocycles. The van der Waals surface area contributed by atoms with Crippen LogP contribution in [0.15, 0.2) is 54.7 Å². The molecule has 160 valence electrons. The number of benzene rings is 2. The predicted molar refractivity (Wildman–Crippen MR) is 108 cm³/mol. The van der Waals surface area contributed by atoms with E-state index in [0.717, 1.165) is 40.7 Å². The van der Waals surface area contributed by atoms with Gasteiger partial charge in [0.15, 0.2) is 0 Å². The number of H-pyrrole nitrogens is 1. The highest BCUT2D eigenvalue weighted by molar-refractivity contribution is 5.94. The van der Waals surface area contributed by atoms with Crippen LogP contribution in [0.1, 0.15) is 11.1 Å². The number of nitrogens with zero attached hydrogens (tertiary/aromatic N) is 1. The van der Waals surface area contributed by atoms with Gasteiger partial charge in [-0.1, -0.05) is 18.2 Å². The van der Waals surface area contributed by atoms with Crippen molar-refractivity contribution in [3.8, 4) is 6.07 Å². The van der Waals surface area contributed by atoms with Crippen LogP contribution in [-0.2, 0) is 17.4 Å². The molecule has 10 heteroatoms. The van der Waals surface area contributed by atoms with Gasteiger partial charge in [-0.2, -0.15) is 18.4 Å². The summed E-state index contributed by atoms with van der Waals surface area (Å²) in [5.74, 6) is -0.561. The van der Waals surface area contributed by atoms with Gasteiger partial charge in [-0.25, -0.2) is 4.79 Å². The third-order valence-electron chi connectivity index (χ3n) is 4.53. The smallest absolute Gasteiger partial charge is 0.361 e. The van der Waals surface area contributed by atoms with Gasteiger partial charge in [0.2, 0.25) is 5.91 Å². The number of aromatic amines is 1. The number of carbonyl (C=O) groups excluding carboxylic acids is 2. The molecule has 7 nitrogen and oxygen atoms in total. The number of urea groups is 1. The fourth-order valence-corrected chi connectivity index (χ4v) is 3.05. The molecule has 0 spiro atoms. The Bertz CT molecular complexity index is 1120. The van der Waals surface area contributed by atoms with Crippen molar-refractivity contribution in [3.63, 3.8) is 0 Å². The number of halogens is 3. The molecule has 3 rings (SSSR count). The van der Waals surface area contributed by atoms with Crippen molar-refractivity contribution in [1.29, 1.82) is 5.26 Å². The second-order valence-corrected chi connectivity index (χ2v) is 6.67. The summed E-state index contributed by atoms with van der Waals surface area (Å²) in [4.78, 5) is 27.9. The second-order valence-electron chi connectivity index (χ2n) is 6.67. The first kappa shape index (κ1) is 21.7. The van der Waals surface area contributed by atoms with Crippen molar-refractivity contribution in [3.05, 3.63) is 65.9 Å². The minimum Gasteiger partial charge on any atom is -0.361 e. The molecule has 1 atom stereocenters. The van der Waals surface area contributed by atoms with Crippen LogP contribution in [0.25, 0.3) is 10.9 Å². The topological polar surface area (TPSA) is 110 Å². The molecule has 31 heavy (non-hydrogen) atoms. The average molecular weight is 429 g/mol. The number of amides is 3. The number of hydrogen-bond acceptors (Lipinski definition) is 3. The van der Waals surface area contributed by atoms with Crippen molar-refractivity contribution in [2.75, 3.05) is 11.9 Å². The second kappa shape index (κ2) is 9.21. The first-order chi connectivity index (χ1) is 14.8. The van der Waals surface area contributed by atoms with E-state index in [1.54, 1.807) is 12.3 Å². The third-order valence-corrected chi connectivity index (χ3v) is 4.53. The molecule has 3 amide bonds. The number of hydrogen-bond donors (Lipinski definition) is 4. The average Bonchev–Trinajstić information content (AvgIpc) is 3.14. The minimum absolute atomic E-state index is 0.133. The number of para-hydroxylation sites is 1. The van der Waals surface area contributed by atoms with Gasteiger partial charge in [0, 0.05) is 29.2 Å². The number of aromatic nitrogens is 1. The lowest BCUT2D eigenvalue weighted by Gasteiger charge is -2.18. The Kier molecular flexibility index (Phi) is 6.45. The molecule has 0 saturated heterocycles. The quantitative estimate of drug-likeness (QED) is 0.450. The van der Waals surface area contributed by atoms with Gasteiger partial charge in [-0.05, 0) is 35.9 Å². The number of nitriles is 1. The molecule has 0 aliphatic heterocycles. The number of carbonyl (C=O) groups is 2. The molecule has 0 fully saturated rings. The summed E-state index contributed by atoms with van der Waals surface area (Å²) in [6, 6.07) is 11.4. The third kappa shape index (κ3) is 5.54. The van der Waals surface area contributed by atoms with Crippen LogP contribution in [0.2, 0.25) is 0 Å². The molecule has 1 unspecified atom stereocenters. The van der Waals surface area contributed by atoms with E-state index in [1.807, 2.05) is 24.3 Å². The van der Waals surface area contributed by atoms with E-state index in [1.165, 1.54) is 0 Å². The molecule has 3 aromatic rings. The highest BCUT2D eigenvalue weighted by Crippen LogP contribution is 2.29. The molecule has 0 aliphatic rings. The number of anilines is 1. The Morgan fingerprint density at radius 2 is 1.81 bits per heavy atom. The highest BCUT2D eigenvalue weighted by Gasteiger charge is 2.30. The minimum atomic E-state index is -4.48. The predicted octanol–water partition coefficient (Wildman–Crippen LogP) is 3.56. The SMILES string of the molecule is N#CCNC(=O)C(Cc1c[nH]c2ccccc12)NC(=O)Nc1ccc(C(F)(F)F)cc1. The summed E-state index contributed by atoms with van der Waals surface area (Å²) in [6.07, 6.45) is -2.61. The van der Waals surface area contributed by atoms with Crippen LogP contribution < -0.4 is 16.0 Å². The molecule has 0 radical (unpaired) electrons. The molecule has 2 aromatic carbocycles. The summed E-state index contributed by atoms with van der Waals surface area (Å²) in [5, 5.41) is 16.9. The summed E-state index contributed by atoms with van der Waals surface area (Å²) in [5.41, 5.74) is 0.936. The van der Waals surface area contributed by atoms with Crippen LogP contribution in [-0.4, -0.2) is 29.5 Å². The first-order valence-corrected chi connectivity index (χ1v) is 9.22. The number of rotatable bonds is 6. The van der Waals surface area contributed by atoms with E-state index >= 15 is 0 Å². The molecule has 1 aromatic heterocycles. The van der Waals surface area contributed by atoms with Crippen molar-refractivity contribution >= 4 is 28.5 Å². The summed E-state index contributed by atoms with van der Waals surface area (Å²) < 4.78 is 38.0. The Hall–Kier alpha value is -4.00. The van der Waals surface area contributed by atoms with E-state index in [2.05, 4.69) is 20.9 Å². The lowest BCUT2D eigenvalue weighted by Crippen LogP contribution is -2.49. The van der Waals surface area contributed by atoms with Crippen molar-refractivity contribution in [2.45, 2.75) is 18.6 Å². The first-order valence-electron chi connectivity index (χ1n) is 9.22. The van der Waals surface area contributed by atoms with Crippen LogP contribution in [0.3, 0.4) is 0 Å². The van der Waals surface area contributed by atoms with Crippen molar-refractivity contribution in [2.24, 2.45) is 0 Å². The Morgan fingerprint density at radius 1 is 1.10 bits per heavy atom. The van der Waals surface area contributed by atoms with Crippen molar-refractivity contribution in [1.82, 2.24) is 15.6 Å². The number of nitrogens with one attached hydrogen (secondary N) is 4. The lowest BCUT2D eigenvalue weighted by atomic mass is 10.0. The fraction of sp³-hybridized carbons (Fsp3) is 0.190. The molecule has 0 aliphatic carbocycles. The Labute approximate surface area is 175 Å². The van der Waals surface area contributed by atoms with Gasteiger partial charge < -0.3 is 20.9 Å². The largest absolute Gasteiger partial charge is 0.416 e.